The second-order valence-corrected chi connectivity index (χ2v) is 10.2. The van der Waals surface area contributed by atoms with Gasteiger partial charge in [0.1, 0.15) is 17.2 Å². The fourth-order valence-electron chi connectivity index (χ4n) is 4.30. The standard InChI is InChI=1S/C27H32N4O4/c1-17-14-27(15-17,31-25(34)35-26(2,3)4)24(33)30-22(23(29)32)13-18-5-9-20(10-6-18)21-11-7-19(16-28)8-12-21/h5-12,17,22H,13-15H2,1-4H3,(H2,29,32)(H,30,33)(H,31,34). The molecule has 2 aromatic carbocycles. The summed E-state index contributed by atoms with van der Waals surface area (Å²) in [5.74, 6) is -0.855. The van der Waals surface area contributed by atoms with Crippen molar-refractivity contribution in [1.82, 2.24) is 10.6 Å². The Labute approximate surface area is 205 Å². The maximum atomic E-state index is 13.2. The van der Waals surface area contributed by atoms with Crippen LogP contribution in [-0.4, -0.2) is 35.1 Å². The highest BCUT2D eigenvalue weighted by Gasteiger charge is 2.50. The van der Waals surface area contributed by atoms with Gasteiger partial charge in [-0.05, 0) is 68.4 Å². The van der Waals surface area contributed by atoms with Crippen molar-refractivity contribution in [1.29, 1.82) is 5.26 Å². The molecule has 1 atom stereocenters. The summed E-state index contributed by atoms with van der Waals surface area (Å²) in [5.41, 5.74) is 7.11. The molecule has 0 bridgehead atoms. The van der Waals surface area contributed by atoms with Crippen LogP contribution in [0.4, 0.5) is 4.79 Å². The molecule has 8 heteroatoms. The van der Waals surface area contributed by atoms with Gasteiger partial charge in [-0.1, -0.05) is 43.3 Å². The van der Waals surface area contributed by atoms with Crippen LogP contribution < -0.4 is 16.4 Å². The number of ether oxygens (including phenoxy) is 1. The highest BCUT2D eigenvalue weighted by molar-refractivity contribution is 5.94. The zero-order chi connectivity index (χ0) is 25.8. The van der Waals surface area contributed by atoms with Crippen LogP contribution in [0.1, 0.15) is 51.7 Å². The van der Waals surface area contributed by atoms with Crippen molar-refractivity contribution < 1.29 is 19.1 Å². The van der Waals surface area contributed by atoms with E-state index in [0.29, 0.717) is 18.4 Å². The van der Waals surface area contributed by atoms with E-state index in [0.717, 1.165) is 16.7 Å². The third-order valence-corrected chi connectivity index (χ3v) is 5.96. The minimum atomic E-state index is -1.13. The van der Waals surface area contributed by atoms with E-state index in [1.54, 1.807) is 32.9 Å². The quantitative estimate of drug-likeness (QED) is 0.563. The summed E-state index contributed by atoms with van der Waals surface area (Å²) in [6.07, 6.45) is 0.437. The summed E-state index contributed by atoms with van der Waals surface area (Å²) in [4.78, 5) is 37.7. The highest BCUT2D eigenvalue weighted by Crippen LogP contribution is 2.38. The van der Waals surface area contributed by atoms with Crippen molar-refractivity contribution in [2.24, 2.45) is 11.7 Å². The van der Waals surface area contributed by atoms with Gasteiger partial charge < -0.3 is 21.1 Å². The molecular formula is C27H32N4O4. The Hall–Kier alpha value is -3.86. The molecule has 3 rings (SSSR count). The van der Waals surface area contributed by atoms with E-state index >= 15 is 0 Å². The van der Waals surface area contributed by atoms with Crippen LogP contribution in [-0.2, 0) is 20.7 Å². The Kier molecular flexibility index (Phi) is 7.49. The Morgan fingerprint density at radius 3 is 2.09 bits per heavy atom. The monoisotopic (exact) mass is 476 g/mol. The number of nitrogens with zero attached hydrogens (tertiary/aromatic N) is 1. The second kappa shape index (κ2) is 10.2. The number of hydrogen-bond acceptors (Lipinski definition) is 5. The normalized spacial score (nSPS) is 20.0. The van der Waals surface area contributed by atoms with Crippen LogP contribution in [0.3, 0.4) is 0 Å². The number of carbonyl (C=O) groups is 3. The third kappa shape index (κ3) is 6.60. The molecule has 184 valence electrons. The molecular weight excluding hydrogens is 444 g/mol. The van der Waals surface area contributed by atoms with Gasteiger partial charge in [0.25, 0.3) is 0 Å². The van der Waals surface area contributed by atoms with Crippen LogP contribution in [0, 0.1) is 17.2 Å². The lowest BCUT2D eigenvalue weighted by Crippen LogP contribution is -2.67. The molecule has 8 nitrogen and oxygen atoms in total. The number of alkyl carbamates (subject to hydrolysis) is 1. The number of hydrogen-bond donors (Lipinski definition) is 3. The van der Waals surface area contributed by atoms with E-state index in [1.807, 2.05) is 43.3 Å². The van der Waals surface area contributed by atoms with E-state index in [2.05, 4.69) is 16.7 Å². The number of primary amides is 1. The van der Waals surface area contributed by atoms with Crippen LogP contribution >= 0.6 is 0 Å². The Balaban J connectivity index is 1.69. The molecule has 0 aliphatic heterocycles. The van der Waals surface area contributed by atoms with E-state index in [1.165, 1.54) is 0 Å². The summed E-state index contributed by atoms with van der Waals surface area (Å²) >= 11 is 0. The van der Waals surface area contributed by atoms with E-state index < -0.39 is 35.1 Å². The summed E-state index contributed by atoms with van der Waals surface area (Å²) in [6.45, 7) is 7.23. The molecule has 35 heavy (non-hydrogen) atoms. The summed E-state index contributed by atoms with van der Waals surface area (Å²) in [5, 5.41) is 14.4. The van der Waals surface area contributed by atoms with Gasteiger partial charge in [0.15, 0.2) is 0 Å². The van der Waals surface area contributed by atoms with Gasteiger partial charge in [0.05, 0.1) is 11.6 Å². The van der Waals surface area contributed by atoms with Gasteiger partial charge in [-0.3, -0.25) is 9.59 Å². The van der Waals surface area contributed by atoms with Crippen molar-refractivity contribution in [2.75, 3.05) is 0 Å². The molecule has 2 aromatic rings. The molecule has 1 fully saturated rings. The van der Waals surface area contributed by atoms with Crippen molar-refractivity contribution in [2.45, 2.75) is 64.1 Å². The molecule has 1 unspecified atom stereocenters. The van der Waals surface area contributed by atoms with Gasteiger partial charge in [-0.25, -0.2) is 4.79 Å². The first-order valence-corrected chi connectivity index (χ1v) is 11.6. The Bertz CT molecular complexity index is 1120. The van der Waals surface area contributed by atoms with Crippen LogP contribution in [0.5, 0.6) is 0 Å². The first-order chi connectivity index (χ1) is 16.4. The van der Waals surface area contributed by atoms with Gasteiger partial charge >= 0.3 is 6.09 Å². The molecule has 0 aromatic heterocycles. The number of nitrogens with two attached hydrogens (primary N) is 1. The van der Waals surface area contributed by atoms with Crippen LogP contribution in [0.15, 0.2) is 48.5 Å². The molecule has 1 aliphatic rings. The largest absolute Gasteiger partial charge is 0.444 e. The highest BCUT2D eigenvalue weighted by atomic mass is 16.6. The zero-order valence-electron chi connectivity index (χ0n) is 20.6. The predicted octanol–water partition coefficient (Wildman–Crippen LogP) is 3.43. The third-order valence-electron chi connectivity index (χ3n) is 5.96. The summed E-state index contributed by atoms with van der Waals surface area (Å²) in [6, 6.07) is 16.0. The number of nitriles is 1. The minimum absolute atomic E-state index is 0.215. The average molecular weight is 477 g/mol. The van der Waals surface area contributed by atoms with Gasteiger partial charge in [0.2, 0.25) is 11.8 Å². The van der Waals surface area contributed by atoms with Gasteiger partial charge in [-0.15, -0.1) is 0 Å². The van der Waals surface area contributed by atoms with Crippen molar-refractivity contribution in [3.05, 3.63) is 59.7 Å². The fourth-order valence-corrected chi connectivity index (χ4v) is 4.30. The van der Waals surface area contributed by atoms with Crippen LogP contribution in [0.2, 0.25) is 0 Å². The average Bonchev–Trinajstić information content (AvgIpc) is 2.76. The fraction of sp³-hybridized carbons (Fsp3) is 0.407. The van der Waals surface area contributed by atoms with Crippen molar-refractivity contribution in [3.8, 4) is 17.2 Å². The van der Waals surface area contributed by atoms with E-state index in [9.17, 15) is 14.4 Å². The Morgan fingerprint density at radius 2 is 1.63 bits per heavy atom. The molecule has 0 heterocycles. The number of amides is 3. The number of benzene rings is 2. The summed E-state index contributed by atoms with van der Waals surface area (Å²) in [7, 11) is 0. The lowest BCUT2D eigenvalue weighted by atomic mass is 9.68. The number of rotatable bonds is 7. The first-order valence-electron chi connectivity index (χ1n) is 11.6. The SMILES string of the molecule is CC1CC(NC(=O)OC(C)(C)C)(C(=O)NC(Cc2ccc(-c3ccc(C#N)cc3)cc2)C(N)=O)C1. The van der Waals surface area contributed by atoms with Crippen LogP contribution in [0.25, 0.3) is 11.1 Å². The molecule has 0 saturated heterocycles. The molecule has 0 radical (unpaired) electrons. The lowest BCUT2D eigenvalue weighted by Gasteiger charge is -2.45. The predicted molar refractivity (Wildman–Crippen MR) is 132 cm³/mol. The number of carbonyl (C=O) groups excluding carboxylic acids is 3. The topological polar surface area (TPSA) is 134 Å². The molecule has 1 saturated carbocycles. The second-order valence-electron chi connectivity index (χ2n) is 10.2. The van der Waals surface area contributed by atoms with Crippen molar-refractivity contribution in [3.63, 3.8) is 0 Å². The Morgan fingerprint density at radius 1 is 1.09 bits per heavy atom. The zero-order valence-corrected chi connectivity index (χ0v) is 20.6. The molecule has 4 N–H and O–H groups in total. The lowest BCUT2D eigenvalue weighted by molar-refractivity contribution is -0.136. The van der Waals surface area contributed by atoms with E-state index in [4.69, 9.17) is 15.7 Å². The van der Waals surface area contributed by atoms with E-state index in [-0.39, 0.29) is 12.3 Å². The number of nitrogens with one attached hydrogen (secondary N) is 2. The van der Waals surface area contributed by atoms with Gasteiger partial charge in [0, 0.05) is 6.42 Å². The maximum Gasteiger partial charge on any atom is 0.408 e. The van der Waals surface area contributed by atoms with Crippen molar-refractivity contribution >= 4 is 17.9 Å². The summed E-state index contributed by atoms with van der Waals surface area (Å²) < 4.78 is 5.33. The minimum Gasteiger partial charge on any atom is -0.444 e. The maximum absolute atomic E-state index is 13.2. The smallest absolute Gasteiger partial charge is 0.408 e. The molecule has 1 aliphatic carbocycles. The van der Waals surface area contributed by atoms with Gasteiger partial charge in [-0.2, -0.15) is 5.26 Å². The molecule has 3 amide bonds. The first kappa shape index (κ1) is 25.8. The molecule has 0 spiro atoms.